The van der Waals surface area contributed by atoms with E-state index in [0.29, 0.717) is 23.7 Å². The first-order valence-electron chi connectivity index (χ1n) is 12.1. The number of ether oxygens (including phenoxy) is 1. The molecule has 0 aliphatic carbocycles. The van der Waals surface area contributed by atoms with Gasteiger partial charge in [-0.2, -0.15) is 0 Å². The summed E-state index contributed by atoms with van der Waals surface area (Å²) in [6, 6.07) is 22.2. The van der Waals surface area contributed by atoms with Crippen molar-refractivity contribution in [2.45, 2.75) is 59.2 Å². The summed E-state index contributed by atoms with van der Waals surface area (Å²) in [7, 11) is 0. The van der Waals surface area contributed by atoms with Crippen molar-refractivity contribution in [3.05, 3.63) is 100 Å². The van der Waals surface area contributed by atoms with Gasteiger partial charge in [0.05, 0.1) is 0 Å². The Bertz CT molecular complexity index is 1190. The molecular formula is C30H35ClN2O3. The van der Waals surface area contributed by atoms with E-state index in [2.05, 4.69) is 5.32 Å². The highest BCUT2D eigenvalue weighted by molar-refractivity contribution is 6.31. The zero-order valence-corrected chi connectivity index (χ0v) is 22.4. The molecule has 0 spiro atoms. The lowest BCUT2D eigenvalue weighted by Gasteiger charge is -2.34. The molecule has 0 aromatic heterocycles. The van der Waals surface area contributed by atoms with Gasteiger partial charge in [-0.3, -0.25) is 9.59 Å². The van der Waals surface area contributed by atoms with Crippen LogP contribution in [0.5, 0.6) is 5.75 Å². The van der Waals surface area contributed by atoms with Gasteiger partial charge in [-0.15, -0.1) is 0 Å². The standard InChI is InChI=1S/C30H35ClN2O3/c1-21-11-9-10-14-24(21)19-33(28(34)20-36-25-15-16-26(31)22(2)17-25)27(29(35)32-30(3,4)5)18-23-12-7-6-8-13-23/h6-17,27H,18-20H2,1-5H3,(H,32,35)/t27-/m0/s1. The maximum absolute atomic E-state index is 13.7. The van der Waals surface area contributed by atoms with E-state index in [4.69, 9.17) is 16.3 Å². The highest BCUT2D eigenvalue weighted by Crippen LogP contribution is 2.22. The topological polar surface area (TPSA) is 58.6 Å². The predicted molar refractivity (Wildman–Crippen MR) is 145 cm³/mol. The van der Waals surface area contributed by atoms with Gasteiger partial charge in [0.1, 0.15) is 11.8 Å². The highest BCUT2D eigenvalue weighted by atomic mass is 35.5. The molecule has 3 rings (SSSR count). The molecule has 0 aliphatic rings. The van der Waals surface area contributed by atoms with Crippen LogP contribution < -0.4 is 10.1 Å². The summed E-state index contributed by atoms with van der Waals surface area (Å²) >= 11 is 6.13. The average molecular weight is 507 g/mol. The number of nitrogens with zero attached hydrogens (tertiary/aromatic N) is 1. The lowest BCUT2D eigenvalue weighted by atomic mass is 10.00. The number of benzene rings is 3. The number of carbonyl (C=O) groups excluding carboxylic acids is 2. The molecule has 0 radical (unpaired) electrons. The van der Waals surface area contributed by atoms with E-state index < -0.39 is 11.6 Å². The van der Waals surface area contributed by atoms with Crippen LogP contribution in [0.4, 0.5) is 0 Å². The van der Waals surface area contributed by atoms with Crippen molar-refractivity contribution in [3.63, 3.8) is 0 Å². The number of aryl methyl sites for hydroxylation is 2. The van der Waals surface area contributed by atoms with Gasteiger partial charge >= 0.3 is 0 Å². The first kappa shape index (κ1) is 27.3. The molecular weight excluding hydrogens is 472 g/mol. The SMILES string of the molecule is Cc1cc(OCC(=O)N(Cc2ccccc2C)[C@@H](Cc2ccccc2)C(=O)NC(C)(C)C)ccc1Cl. The molecule has 0 saturated heterocycles. The Morgan fingerprint density at radius 3 is 2.25 bits per heavy atom. The summed E-state index contributed by atoms with van der Waals surface area (Å²) in [5.41, 5.74) is 3.43. The fourth-order valence-corrected chi connectivity index (χ4v) is 4.03. The molecule has 0 unspecified atom stereocenters. The number of hydrogen-bond donors (Lipinski definition) is 1. The Labute approximate surface area is 219 Å². The Morgan fingerprint density at radius 1 is 0.944 bits per heavy atom. The van der Waals surface area contributed by atoms with Gasteiger partial charge in [0.15, 0.2) is 6.61 Å². The van der Waals surface area contributed by atoms with E-state index >= 15 is 0 Å². The van der Waals surface area contributed by atoms with Crippen LogP contribution in [0, 0.1) is 13.8 Å². The summed E-state index contributed by atoms with van der Waals surface area (Å²) in [6.07, 6.45) is 0.389. The fourth-order valence-electron chi connectivity index (χ4n) is 3.91. The third-order valence-electron chi connectivity index (χ3n) is 5.86. The molecule has 3 aromatic rings. The monoisotopic (exact) mass is 506 g/mol. The zero-order chi connectivity index (χ0) is 26.3. The van der Waals surface area contributed by atoms with Crippen molar-refractivity contribution < 1.29 is 14.3 Å². The first-order chi connectivity index (χ1) is 17.0. The van der Waals surface area contributed by atoms with E-state index in [1.807, 2.05) is 89.2 Å². The first-order valence-corrected chi connectivity index (χ1v) is 12.5. The number of halogens is 1. The van der Waals surface area contributed by atoms with Gasteiger partial charge in [-0.25, -0.2) is 0 Å². The van der Waals surface area contributed by atoms with Crippen LogP contribution in [0.1, 0.15) is 43.0 Å². The smallest absolute Gasteiger partial charge is 0.261 e. The second-order valence-electron chi connectivity index (χ2n) is 10.1. The van der Waals surface area contributed by atoms with Crippen LogP contribution in [0.25, 0.3) is 0 Å². The van der Waals surface area contributed by atoms with Gasteiger partial charge in [0.2, 0.25) is 5.91 Å². The lowest BCUT2D eigenvalue weighted by Crippen LogP contribution is -2.55. The van der Waals surface area contributed by atoms with Crippen LogP contribution in [-0.2, 0) is 22.6 Å². The molecule has 0 bridgehead atoms. The minimum atomic E-state index is -0.714. The number of nitrogens with one attached hydrogen (secondary N) is 1. The summed E-state index contributed by atoms with van der Waals surface area (Å²) in [6.45, 7) is 9.79. The minimum absolute atomic E-state index is 0.193. The second kappa shape index (κ2) is 12.1. The van der Waals surface area contributed by atoms with Gasteiger partial charge in [0, 0.05) is 23.5 Å². The maximum Gasteiger partial charge on any atom is 0.261 e. The Balaban J connectivity index is 1.94. The van der Waals surface area contributed by atoms with E-state index in [1.165, 1.54) is 0 Å². The van der Waals surface area contributed by atoms with Crippen molar-refractivity contribution in [3.8, 4) is 5.75 Å². The molecule has 1 N–H and O–H groups in total. The molecule has 0 aliphatic heterocycles. The van der Waals surface area contributed by atoms with Crippen molar-refractivity contribution >= 4 is 23.4 Å². The van der Waals surface area contributed by atoms with Crippen molar-refractivity contribution in [2.24, 2.45) is 0 Å². The molecule has 2 amide bonds. The van der Waals surface area contributed by atoms with Crippen LogP contribution in [0.2, 0.25) is 5.02 Å². The molecule has 5 nitrogen and oxygen atoms in total. The fraction of sp³-hybridized carbons (Fsp3) is 0.333. The number of rotatable bonds is 9. The maximum atomic E-state index is 13.7. The van der Waals surface area contributed by atoms with Gasteiger partial charge in [0.25, 0.3) is 5.91 Å². The Hall–Kier alpha value is -3.31. The van der Waals surface area contributed by atoms with Gasteiger partial charge < -0.3 is 15.0 Å². The molecule has 6 heteroatoms. The summed E-state index contributed by atoms with van der Waals surface area (Å²) in [5, 5.41) is 3.71. The van der Waals surface area contributed by atoms with Gasteiger partial charge in [-0.1, -0.05) is 66.2 Å². The van der Waals surface area contributed by atoms with Crippen LogP contribution in [0.3, 0.4) is 0 Å². The van der Waals surface area contributed by atoms with E-state index in [1.54, 1.807) is 23.1 Å². The highest BCUT2D eigenvalue weighted by Gasteiger charge is 2.32. The molecule has 3 aromatic carbocycles. The number of carbonyl (C=O) groups is 2. The van der Waals surface area contributed by atoms with Crippen molar-refractivity contribution in [1.29, 1.82) is 0 Å². The predicted octanol–water partition coefficient (Wildman–Crippen LogP) is 5.89. The largest absolute Gasteiger partial charge is 0.484 e. The average Bonchev–Trinajstić information content (AvgIpc) is 2.82. The zero-order valence-electron chi connectivity index (χ0n) is 21.7. The molecule has 0 fully saturated rings. The Kier molecular flexibility index (Phi) is 9.16. The van der Waals surface area contributed by atoms with E-state index in [9.17, 15) is 9.59 Å². The van der Waals surface area contributed by atoms with Crippen molar-refractivity contribution in [2.75, 3.05) is 6.61 Å². The van der Waals surface area contributed by atoms with Gasteiger partial charge in [-0.05, 0) is 75.1 Å². The van der Waals surface area contributed by atoms with Crippen LogP contribution in [-0.4, -0.2) is 34.9 Å². The van der Waals surface area contributed by atoms with E-state index in [-0.39, 0.29) is 18.4 Å². The summed E-state index contributed by atoms with van der Waals surface area (Å²) < 4.78 is 5.85. The third-order valence-corrected chi connectivity index (χ3v) is 6.29. The number of hydrogen-bond acceptors (Lipinski definition) is 3. The molecule has 0 heterocycles. The van der Waals surface area contributed by atoms with E-state index in [0.717, 1.165) is 22.3 Å². The second-order valence-corrected chi connectivity index (χ2v) is 10.5. The summed E-state index contributed by atoms with van der Waals surface area (Å²) in [4.78, 5) is 28.9. The minimum Gasteiger partial charge on any atom is -0.484 e. The van der Waals surface area contributed by atoms with Crippen molar-refractivity contribution in [1.82, 2.24) is 10.2 Å². The molecule has 190 valence electrons. The molecule has 1 atom stereocenters. The molecule has 36 heavy (non-hydrogen) atoms. The van der Waals surface area contributed by atoms with Crippen LogP contribution >= 0.6 is 11.6 Å². The third kappa shape index (κ3) is 7.85. The lowest BCUT2D eigenvalue weighted by molar-refractivity contribution is -0.143. The number of amides is 2. The normalized spacial score (nSPS) is 12.1. The quantitative estimate of drug-likeness (QED) is 0.393. The Morgan fingerprint density at radius 2 is 1.61 bits per heavy atom. The summed E-state index contributed by atoms with van der Waals surface area (Å²) in [5.74, 6) is 0.0892. The van der Waals surface area contributed by atoms with Crippen LogP contribution in [0.15, 0.2) is 72.8 Å². The molecule has 0 saturated carbocycles.